The number of nitrogens with one attached hydrogen (secondary N) is 1. The van der Waals surface area contributed by atoms with Crippen LogP contribution in [0.25, 0.3) is 16.8 Å². The van der Waals surface area contributed by atoms with Crippen LogP contribution in [0.15, 0.2) is 42.7 Å². The molecule has 0 spiro atoms. The predicted molar refractivity (Wildman–Crippen MR) is 123 cm³/mol. The second-order valence-electron chi connectivity index (χ2n) is 8.49. The molecule has 6 nitrogen and oxygen atoms in total. The molecule has 2 aromatic heterocycles. The number of carbonyl (C=O) groups excluding carboxylic acids is 1. The standard InChI is InChI=1S/C25H32N4O2/c1-31-15-12-23(30)16-19-6-2-3-9-21-11-14-29-25(28-21)24(18-27-29)20-8-4-10-22(17-20)26-13-5-7-19/h4,8,10-11,14,17-19,26H,2-3,5-7,9,12-13,15-16H2,1H3. The second kappa shape index (κ2) is 10.5. The minimum Gasteiger partial charge on any atom is -0.385 e. The van der Waals surface area contributed by atoms with E-state index in [-0.39, 0.29) is 0 Å². The largest absolute Gasteiger partial charge is 0.385 e. The number of aromatic nitrogens is 3. The van der Waals surface area contributed by atoms with Gasteiger partial charge in [0, 0.05) is 49.6 Å². The lowest BCUT2D eigenvalue weighted by atomic mass is 9.90. The number of aryl methyl sites for hydroxylation is 1. The SMILES string of the molecule is COCCC(=O)CC1CCCCc2ccn3ncc(c3n2)-c2cccc(c2)NCCC1. The number of methoxy groups -OCH3 is 1. The Hall–Kier alpha value is -2.73. The van der Waals surface area contributed by atoms with Crippen molar-refractivity contribution in [2.45, 2.75) is 51.4 Å². The van der Waals surface area contributed by atoms with Gasteiger partial charge in [0.25, 0.3) is 0 Å². The number of ether oxygens (including phenoxy) is 1. The highest BCUT2D eigenvalue weighted by Gasteiger charge is 2.15. The van der Waals surface area contributed by atoms with Gasteiger partial charge in [-0.25, -0.2) is 9.50 Å². The van der Waals surface area contributed by atoms with E-state index >= 15 is 0 Å². The Morgan fingerprint density at radius 3 is 3.03 bits per heavy atom. The van der Waals surface area contributed by atoms with Gasteiger partial charge in [-0.05, 0) is 55.4 Å². The van der Waals surface area contributed by atoms with Gasteiger partial charge < -0.3 is 10.1 Å². The van der Waals surface area contributed by atoms with Crippen molar-refractivity contribution in [1.29, 1.82) is 0 Å². The molecule has 4 rings (SSSR count). The van der Waals surface area contributed by atoms with Gasteiger partial charge in [0.1, 0.15) is 5.78 Å². The molecule has 0 amide bonds. The maximum Gasteiger partial charge on any atom is 0.163 e. The average Bonchev–Trinajstić information content (AvgIpc) is 3.21. The first-order chi connectivity index (χ1) is 15.2. The van der Waals surface area contributed by atoms with Gasteiger partial charge in [-0.15, -0.1) is 0 Å². The molecule has 0 fully saturated rings. The van der Waals surface area contributed by atoms with Crippen molar-refractivity contribution in [3.05, 3.63) is 48.4 Å². The third-order valence-electron chi connectivity index (χ3n) is 6.12. The molecule has 0 aliphatic carbocycles. The van der Waals surface area contributed by atoms with E-state index in [0.29, 0.717) is 31.1 Å². The lowest BCUT2D eigenvalue weighted by Crippen LogP contribution is -2.13. The van der Waals surface area contributed by atoms with Gasteiger partial charge in [0.2, 0.25) is 0 Å². The van der Waals surface area contributed by atoms with Crippen LogP contribution in [-0.4, -0.2) is 40.6 Å². The van der Waals surface area contributed by atoms with E-state index in [1.54, 1.807) is 7.11 Å². The monoisotopic (exact) mass is 420 g/mol. The Morgan fingerprint density at radius 1 is 1.23 bits per heavy atom. The van der Waals surface area contributed by atoms with Crippen LogP contribution in [0.1, 0.15) is 50.6 Å². The zero-order chi connectivity index (χ0) is 21.5. The number of ketones is 1. The molecule has 3 aromatic rings. The molecule has 0 saturated heterocycles. The highest BCUT2D eigenvalue weighted by molar-refractivity contribution is 5.79. The van der Waals surface area contributed by atoms with Crippen LogP contribution in [0.3, 0.4) is 0 Å². The van der Waals surface area contributed by atoms with Crippen LogP contribution in [0.2, 0.25) is 0 Å². The van der Waals surface area contributed by atoms with Crippen LogP contribution < -0.4 is 5.32 Å². The normalized spacial score (nSPS) is 17.5. The number of hydrogen-bond donors (Lipinski definition) is 1. The maximum atomic E-state index is 12.3. The van der Waals surface area contributed by atoms with Crippen molar-refractivity contribution in [2.75, 3.05) is 25.6 Å². The fraction of sp³-hybridized carbons (Fsp3) is 0.480. The first kappa shape index (κ1) is 21.5. The zero-order valence-electron chi connectivity index (χ0n) is 18.3. The number of Topliss-reactive ketones (excluding diaryl/α,β-unsaturated/α-hetero) is 1. The van der Waals surface area contributed by atoms with E-state index in [9.17, 15) is 4.79 Å². The fourth-order valence-corrected chi connectivity index (χ4v) is 4.40. The first-order valence-electron chi connectivity index (χ1n) is 11.4. The number of fused-ring (bicyclic) bond motifs is 4. The summed E-state index contributed by atoms with van der Waals surface area (Å²) in [6, 6.07) is 10.5. The van der Waals surface area contributed by atoms with E-state index in [0.717, 1.165) is 73.2 Å². The number of anilines is 1. The Kier molecular flexibility index (Phi) is 7.30. The molecule has 1 aliphatic rings. The molecule has 0 radical (unpaired) electrons. The van der Waals surface area contributed by atoms with Crippen molar-refractivity contribution >= 4 is 17.1 Å². The molecular formula is C25H32N4O2. The molecule has 164 valence electrons. The van der Waals surface area contributed by atoms with Crippen LogP contribution in [0, 0.1) is 5.92 Å². The molecule has 1 unspecified atom stereocenters. The molecule has 1 N–H and O–H groups in total. The minimum atomic E-state index is 0.322. The van der Waals surface area contributed by atoms with E-state index in [1.807, 2.05) is 16.9 Å². The molecule has 0 saturated carbocycles. The summed E-state index contributed by atoms with van der Waals surface area (Å²) in [6.45, 7) is 1.43. The van der Waals surface area contributed by atoms with Crippen molar-refractivity contribution < 1.29 is 9.53 Å². The lowest BCUT2D eigenvalue weighted by Gasteiger charge is -2.17. The summed E-state index contributed by atoms with van der Waals surface area (Å²) >= 11 is 0. The molecular weight excluding hydrogens is 388 g/mol. The van der Waals surface area contributed by atoms with E-state index in [2.05, 4.69) is 40.7 Å². The van der Waals surface area contributed by atoms with Crippen molar-refractivity contribution in [3.8, 4) is 11.1 Å². The Bertz CT molecular complexity index is 1010. The zero-order valence-corrected chi connectivity index (χ0v) is 18.3. The maximum absolute atomic E-state index is 12.3. The number of nitrogens with zero attached hydrogens (tertiary/aromatic N) is 3. The third kappa shape index (κ3) is 5.70. The highest BCUT2D eigenvalue weighted by Crippen LogP contribution is 2.27. The van der Waals surface area contributed by atoms with E-state index < -0.39 is 0 Å². The van der Waals surface area contributed by atoms with Crippen LogP contribution in [-0.2, 0) is 16.0 Å². The number of hydrogen-bond acceptors (Lipinski definition) is 5. The molecule has 4 bridgehead atoms. The summed E-state index contributed by atoms with van der Waals surface area (Å²) in [7, 11) is 1.65. The quantitative estimate of drug-likeness (QED) is 0.634. The molecule has 1 aliphatic heterocycles. The Labute approximate surface area is 184 Å². The first-order valence-corrected chi connectivity index (χ1v) is 11.4. The lowest BCUT2D eigenvalue weighted by molar-refractivity contribution is -0.120. The van der Waals surface area contributed by atoms with Gasteiger partial charge in [-0.3, -0.25) is 4.79 Å². The molecule has 6 heteroatoms. The molecule has 3 heterocycles. The minimum absolute atomic E-state index is 0.322. The predicted octanol–water partition coefficient (Wildman–Crippen LogP) is 4.93. The summed E-state index contributed by atoms with van der Waals surface area (Å²) < 4.78 is 6.92. The van der Waals surface area contributed by atoms with Gasteiger partial charge in [0.05, 0.1) is 12.8 Å². The van der Waals surface area contributed by atoms with Crippen molar-refractivity contribution in [1.82, 2.24) is 14.6 Å². The van der Waals surface area contributed by atoms with Crippen molar-refractivity contribution in [2.24, 2.45) is 5.92 Å². The Morgan fingerprint density at radius 2 is 2.13 bits per heavy atom. The molecule has 31 heavy (non-hydrogen) atoms. The van der Waals surface area contributed by atoms with Gasteiger partial charge in [-0.1, -0.05) is 25.0 Å². The summed E-state index contributed by atoms with van der Waals surface area (Å²) in [6.07, 6.45) is 11.5. The average molecular weight is 421 g/mol. The second-order valence-corrected chi connectivity index (χ2v) is 8.49. The fourth-order valence-electron chi connectivity index (χ4n) is 4.40. The number of rotatable bonds is 5. The summed E-state index contributed by atoms with van der Waals surface area (Å²) in [5, 5.41) is 8.04. The number of benzene rings is 1. The van der Waals surface area contributed by atoms with Gasteiger partial charge >= 0.3 is 0 Å². The third-order valence-corrected chi connectivity index (χ3v) is 6.12. The Balaban J connectivity index is 1.53. The summed E-state index contributed by atoms with van der Waals surface area (Å²) in [5.74, 6) is 0.768. The van der Waals surface area contributed by atoms with Gasteiger partial charge in [0.15, 0.2) is 5.65 Å². The highest BCUT2D eigenvalue weighted by atomic mass is 16.5. The number of carbonyl (C=O) groups is 1. The molecule has 1 atom stereocenters. The van der Waals surface area contributed by atoms with Crippen LogP contribution in [0.4, 0.5) is 5.69 Å². The van der Waals surface area contributed by atoms with Crippen LogP contribution >= 0.6 is 0 Å². The molecule has 1 aromatic carbocycles. The van der Waals surface area contributed by atoms with Crippen LogP contribution in [0.5, 0.6) is 0 Å². The summed E-state index contributed by atoms with van der Waals surface area (Å²) in [5.41, 5.74) is 5.30. The van der Waals surface area contributed by atoms with Gasteiger partial charge in [-0.2, -0.15) is 5.10 Å². The summed E-state index contributed by atoms with van der Waals surface area (Å²) in [4.78, 5) is 17.2. The van der Waals surface area contributed by atoms with E-state index in [1.165, 1.54) is 0 Å². The van der Waals surface area contributed by atoms with E-state index in [4.69, 9.17) is 9.72 Å². The van der Waals surface area contributed by atoms with Crippen molar-refractivity contribution in [3.63, 3.8) is 0 Å². The smallest absolute Gasteiger partial charge is 0.163 e. The topological polar surface area (TPSA) is 68.5 Å².